The molecule has 0 aliphatic heterocycles. The molecule has 0 N–H and O–H groups in total. The predicted molar refractivity (Wildman–Crippen MR) is 117 cm³/mol. The van der Waals surface area contributed by atoms with E-state index in [4.69, 9.17) is 0 Å². The predicted octanol–water partition coefficient (Wildman–Crippen LogP) is 5.13. The summed E-state index contributed by atoms with van der Waals surface area (Å²) >= 11 is 0. The first-order chi connectivity index (χ1) is 14.1. The zero-order chi connectivity index (χ0) is 20.1. The van der Waals surface area contributed by atoms with Gasteiger partial charge in [0, 0.05) is 11.8 Å². The minimum absolute atomic E-state index is 0.0774. The zero-order valence-electron chi connectivity index (χ0n) is 15.5. The third-order valence-electron chi connectivity index (χ3n) is 4.40. The summed E-state index contributed by atoms with van der Waals surface area (Å²) in [7, 11) is -3.94. The van der Waals surface area contributed by atoms with Crippen LogP contribution in [0.25, 0.3) is 16.8 Å². The highest BCUT2D eigenvalue weighted by Crippen LogP contribution is 2.19. The number of hydrogen-bond acceptors (Lipinski definition) is 3. The average Bonchev–Trinajstić information content (AvgIpc) is 2.77. The highest BCUT2D eigenvalue weighted by Gasteiger charge is 2.15. The first-order valence-electron chi connectivity index (χ1n) is 9.10. The fraction of sp³-hybridized carbons (Fsp3) is 0. The minimum Gasteiger partial charge on any atom is -0.243 e. The molecule has 0 amide bonds. The summed E-state index contributed by atoms with van der Waals surface area (Å²) < 4.78 is 29.7. The number of rotatable bonds is 5. The van der Waals surface area contributed by atoms with Gasteiger partial charge in [-0.15, -0.1) is 0 Å². The monoisotopic (exact) mass is 398 g/mol. The summed E-state index contributed by atoms with van der Waals surface area (Å²) in [5.41, 5.74) is 2.02. The standard InChI is InChI=1S/C24H18N2O2S/c27-29(28,24-12-6-7-17-25-24)26-23(16-13-19-8-2-1-3-9-19)22-15-14-20-10-4-5-11-21(20)18-22/h1-18H/b16-13+,26-23+. The van der Waals surface area contributed by atoms with E-state index in [-0.39, 0.29) is 5.03 Å². The Morgan fingerprint density at radius 1 is 0.793 bits per heavy atom. The number of pyridine rings is 1. The fourth-order valence-corrected chi connectivity index (χ4v) is 3.91. The number of hydrogen-bond donors (Lipinski definition) is 0. The van der Waals surface area contributed by atoms with Gasteiger partial charge in [0.2, 0.25) is 0 Å². The van der Waals surface area contributed by atoms with Crippen LogP contribution in [0.2, 0.25) is 0 Å². The van der Waals surface area contributed by atoms with E-state index in [9.17, 15) is 8.42 Å². The summed E-state index contributed by atoms with van der Waals surface area (Å²) in [4.78, 5) is 3.95. The van der Waals surface area contributed by atoms with Crippen LogP contribution in [-0.2, 0) is 10.0 Å². The number of sulfonamides is 1. The molecule has 1 heterocycles. The van der Waals surface area contributed by atoms with E-state index >= 15 is 0 Å². The van der Waals surface area contributed by atoms with Gasteiger partial charge in [-0.1, -0.05) is 78.9 Å². The molecule has 4 rings (SSSR count). The lowest BCUT2D eigenvalue weighted by Crippen LogP contribution is -2.06. The van der Waals surface area contributed by atoms with E-state index in [1.807, 2.05) is 78.9 Å². The highest BCUT2D eigenvalue weighted by molar-refractivity contribution is 7.90. The fourth-order valence-electron chi connectivity index (χ4n) is 2.94. The minimum atomic E-state index is -3.94. The van der Waals surface area contributed by atoms with Crippen molar-refractivity contribution in [1.82, 2.24) is 4.98 Å². The van der Waals surface area contributed by atoms with E-state index < -0.39 is 10.0 Å². The van der Waals surface area contributed by atoms with Crippen LogP contribution in [0.3, 0.4) is 0 Å². The van der Waals surface area contributed by atoms with Gasteiger partial charge in [0.25, 0.3) is 10.0 Å². The van der Waals surface area contributed by atoms with Crippen LogP contribution in [0.4, 0.5) is 0 Å². The molecule has 3 aromatic carbocycles. The summed E-state index contributed by atoms with van der Waals surface area (Å²) in [5.74, 6) is 0. The topological polar surface area (TPSA) is 59.4 Å². The molecule has 0 aliphatic rings. The van der Waals surface area contributed by atoms with Crippen LogP contribution in [0.15, 0.2) is 113 Å². The molecule has 142 valence electrons. The Balaban J connectivity index is 1.83. The lowest BCUT2D eigenvalue weighted by atomic mass is 10.0. The van der Waals surface area contributed by atoms with Crippen molar-refractivity contribution in [3.05, 3.63) is 114 Å². The molecule has 4 nitrogen and oxygen atoms in total. The van der Waals surface area contributed by atoms with Crippen molar-refractivity contribution in [2.75, 3.05) is 0 Å². The van der Waals surface area contributed by atoms with Crippen molar-refractivity contribution in [3.63, 3.8) is 0 Å². The third-order valence-corrected chi connectivity index (χ3v) is 5.61. The largest absolute Gasteiger partial charge is 0.300 e. The maximum Gasteiger partial charge on any atom is 0.300 e. The lowest BCUT2D eigenvalue weighted by molar-refractivity contribution is 0.594. The SMILES string of the molecule is O=S(=O)(/N=C(\C=C\c1ccccc1)c1ccc2ccccc2c1)c1ccccn1. The Morgan fingerprint density at radius 2 is 1.52 bits per heavy atom. The molecule has 0 radical (unpaired) electrons. The summed E-state index contributed by atoms with van der Waals surface area (Å²) in [6, 6.07) is 28.1. The molecule has 0 spiro atoms. The van der Waals surface area contributed by atoms with Gasteiger partial charge in [0.1, 0.15) is 0 Å². The molecule has 0 bridgehead atoms. The molecule has 0 atom stereocenters. The number of fused-ring (bicyclic) bond motifs is 1. The molecule has 5 heteroatoms. The number of allylic oxidation sites excluding steroid dienone is 1. The molecule has 29 heavy (non-hydrogen) atoms. The molecule has 0 aliphatic carbocycles. The van der Waals surface area contributed by atoms with Gasteiger partial charge < -0.3 is 0 Å². The second-order valence-corrected chi connectivity index (χ2v) is 7.98. The van der Waals surface area contributed by atoms with Gasteiger partial charge >= 0.3 is 0 Å². The van der Waals surface area contributed by atoms with Crippen molar-refractivity contribution in [2.24, 2.45) is 4.40 Å². The summed E-state index contributed by atoms with van der Waals surface area (Å²) in [6.07, 6.45) is 5.01. The zero-order valence-corrected chi connectivity index (χ0v) is 16.3. The van der Waals surface area contributed by atoms with E-state index in [1.54, 1.807) is 18.2 Å². The average molecular weight is 398 g/mol. The van der Waals surface area contributed by atoms with E-state index in [0.717, 1.165) is 21.9 Å². The first-order valence-corrected chi connectivity index (χ1v) is 10.5. The molecule has 0 fully saturated rings. The highest BCUT2D eigenvalue weighted by atomic mass is 32.2. The van der Waals surface area contributed by atoms with Crippen LogP contribution >= 0.6 is 0 Å². The smallest absolute Gasteiger partial charge is 0.243 e. The van der Waals surface area contributed by atoms with Gasteiger partial charge in [0.15, 0.2) is 5.03 Å². The van der Waals surface area contributed by atoms with Crippen LogP contribution in [0.1, 0.15) is 11.1 Å². The maximum atomic E-state index is 12.8. The molecular formula is C24H18N2O2S. The summed E-state index contributed by atoms with van der Waals surface area (Å²) in [5, 5.41) is 2.02. The molecule has 0 saturated carbocycles. The number of aromatic nitrogens is 1. The van der Waals surface area contributed by atoms with Gasteiger partial charge in [-0.05, 0) is 40.6 Å². The molecule has 4 aromatic rings. The van der Waals surface area contributed by atoms with Crippen LogP contribution in [-0.4, -0.2) is 19.1 Å². The summed E-state index contributed by atoms with van der Waals surface area (Å²) in [6.45, 7) is 0. The normalized spacial score (nSPS) is 12.5. The third kappa shape index (κ3) is 4.47. The van der Waals surface area contributed by atoms with E-state index in [1.165, 1.54) is 12.3 Å². The lowest BCUT2D eigenvalue weighted by Gasteiger charge is -2.06. The first kappa shape index (κ1) is 18.8. The Kier molecular flexibility index (Phi) is 5.31. The van der Waals surface area contributed by atoms with Gasteiger partial charge in [-0.2, -0.15) is 12.8 Å². The van der Waals surface area contributed by atoms with Crippen LogP contribution in [0, 0.1) is 0 Å². The maximum absolute atomic E-state index is 12.8. The Hall–Kier alpha value is -3.57. The van der Waals surface area contributed by atoms with Crippen molar-refractivity contribution < 1.29 is 8.42 Å². The van der Waals surface area contributed by atoms with E-state index in [0.29, 0.717) is 5.71 Å². The Labute approximate surface area is 170 Å². The van der Waals surface area contributed by atoms with Gasteiger partial charge in [-0.25, -0.2) is 4.98 Å². The van der Waals surface area contributed by atoms with Crippen molar-refractivity contribution >= 4 is 32.6 Å². The van der Waals surface area contributed by atoms with Crippen LogP contribution < -0.4 is 0 Å². The van der Waals surface area contributed by atoms with Crippen molar-refractivity contribution in [3.8, 4) is 0 Å². The molecule has 0 unspecified atom stereocenters. The second-order valence-electron chi connectivity index (χ2n) is 6.43. The Morgan fingerprint density at radius 3 is 2.28 bits per heavy atom. The van der Waals surface area contributed by atoms with Gasteiger partial charge in [-0.3, -0.25) is 0 Å². The second kappa shape index (κ2) is 8.20. The quantitative estimate of drug-likeness (QED) is 0.438. The molecular weight excluding hydrogens is 380 g/mol. The molecule has 1 aromatic heterocycles. The van der Waals surface area contributed by atoms with Crippen molar-refractivity contribution in [2.45, 2.75) is 5.03 Å². The Bertz CT molecular complexity index is 1300. The number of benzene rings is 3. The van der Waals surface area contributed by atoms with Crippen LogP contribution in [0.5, 0.6) is 0 Å². The molecule has 0 saturated heterocycles. The number of nitrogens with zero attached hydrogens (tertiary/aromatic N) is 2. The van der Waals surface area contributed by atoms with Gasteiger partial charge in [0.05, 0.1) is 5.71 Å². The van der Waals surface area contributed by atoms with E-state index in [2.05, 4.69) is 9.38 Å². The van der Waals surface area contributed by atoms with Crippen molar-refractivity contribution in [1.29, 1.82) is 0 Å².